The SMILES string of the molecule is CC(C)/[C]=N\OCc1ccc(F)c(F)c1. The molecule has 0 heterocycles. The van der Waals surface area contributed by atoms with Gasteiger partial charge in [0.05, 0.1) is 0 Å². The third-order valence-electron chi connectivity index (χ3n) is 1.59. The van der Waals surface area contributed by atoms with Gasteiger partial charge in [0.1, 0.15) is 12.8 Å². The van der Waals surface area contributed by atoms with Crippen molar-refractivity contribution in [2.75, 3.05) is 0 Å². The molecule has 0 unspecified atom stereocenters. The summed E-state index contributed by atoms with van der Waals surface area (Å²) < 4.78 is 25.3. The summed E-state index contributed by atoms with van der Waals surface area (Å²) in [6.07, 6.45) is 2.68. The van der Waals surface area contributed by atoms with Crippen molar-refractivity contribution in [3.8, 4) is 0 Å². The molecular formula is C11H12F2NO. The summed E-state index contributed by atoms with van der Waals surface area (Å²) in [5, 5.41) is 3.55. The van der Waals surface area contributed by atoms with Gasteiger partial charge in [-0.15, -0.1) is 0 Å². The van der Waals surface area contributed by atoms with Crippen LogP contribution >= 0.6 is 0 Å². The van der Waals surface area contributed by atoms with Crippen molar-refractivity contribution in [1.82, 2.24) is 0 Å². The number of benzene rings is 1. The van der Waals surface area contributed by atoms with Gasteiger partial charge in [0.25, 0.3) is 0 Å². The van der Waals surface area contributed by atoms with E-state index in [9.17, 15) is 8.78 Å². The molecule has 0 amide bonds. The monoisotopic (exact) mass is 212 g/mol. The fourth-order valence-electron chi connectivity index (χ4n) is 0.879. The van der Waals surface area contributed by atoms with Crippen LogP contribution in [0.5, 0.6) is 0 Å². The smallest absolute Gasteiger partial charge is 0.159 e. The minimum absolute atomic E-state index is 0.108. The third-order valence-corrected chi connectivity index (χ3v) is 1.59. The van der Waals surface area contributed by atoms with Crippen molar-refractivity contribution in [3.05, 3.63) is 35.4 Å². The van der Waals surface area contributed by atoms with Gasteiger partial charge < -0.3 is 4.84 Å². The highest BCUT2D eigenvalue weighted by Gasteiger charge is 2.02. The van der Waals surface area contributed by atoms with Crippen LogP contribution in [0.2, 0.25) is 0 Å². The number of hydrogen-bond acceptors (Lipinski definition) is 2. The van der Waals surface area contributed by atoms with Crippen molar-refractivity contribution in [3.63, 3.8) is 0 Å². The van der Waals surface area contributed by atoms with Crippen LogP contribution < -0.4 is 0 Å². The Morgan fingerprint density at radius 3 is 2.67 bits per heavy atom. The fourth-order valence-corrected chi connectivity index (χ4v) is 0.879. The minimum Gasteiger partial charge on any atom is -0.391 e. The second-order valence-corrected chi connectivity index (χ2v) is 3.40. The van der Waals surface area contributed by atoms with Crippen LogP contribution in [-0.2, 0) is 11.4 Å². The lowest BCUT2D eigenvalue weighted by molar-refractivity contribution is 0.130. The third kappa shape index (κ3) is 4.06. The van der Waals surface area contributed by atoms with Gasteiger partial charge in [-0.3, -0.25) is 0 Å². The first kappa shape index (κ1) is 11.6. The Morgan fingerprint density at radius 1 is 1.33 bits per heavy atom. The minimum atomic E-state index is -0.882. The summed E-state index contributed by atoms with van der Waals surface area (Å²) in [4.78, 5) is 4.85. The van der Waals surface area contributed by atoms with Gasteiger partial charge in [-0.25, -0.2) is 8.78 Å². The van der Waals surface area contributed by atoms with E-state index in [1.165, 1.54) is 6.07 Å². The van der Waals surface area contributed by atoms with E-state index in [-0.39, 0.29) is 12.5 Å². The number of nitrogens with zero attached hydrogens (tertiary/aromatic N) is 1. The summed E-state index contributed by atoms with van der Waals surface area (Å²) in [5.74, 6) is -1.57. The zero-order valence-electron chi connectivity index (χ0n) is 8.63. The van der Waals surface area contributed by atoms with E-state index in [1.807, 2.05) is 13.8 Å². The molecule has 0 aliphatic heterocycles. The Balaban J connectivity index is 2.48. The molecule has 2 nitrogen and oxygen atoms in total. The average Bonchev–Trinajstić information content (AvgIpc) is 2.18. The molecule has 15 heavy (non-hydrogen) atoms. The molecule has 0 atom stereocenters. The lowest BCUT2D eigenvalue weighted by Gasteiger charge is -2.00. The van der Waals surface area contributed by atoms with Crippen LogP contribution in [0.25, 0.3) is 0 Å². The van der Waals surface area contributed by atoms with Crippen LogP contribution in [0.15, 0.2) is 23.4 Å². The maximum absolute atomic E-state index is 12.7. The highest BCUT2D eigenvalue weighted by Crippen LogP contribution is 2.09. The molecule has 0 N–H and O–H groups in total. The predicted molar refractivity (Wildman–Crippen MR) is 53.4 cm³/mol. The number of halogens is 2. The van der Waals surface area contributed by atoms with E-state index >= 15 is 0 Å². The molecule has 0 saturated heterocycles. The average molecular weight is 212 g/mol. The van der Waals surface area contributed by atoms with Crippen LogP contribution in [-0.4, -0.2) is 6.21 Å². The second-order valence-electron chi connectivity index (χ2n) is 3.40. The van der Waals surface area contributed by atoms with E-state index in [4.69, 9.17) is 4.84 Å². The van der Waals surface area contributed by atoms with Crippen LogP contribution in [0.3, 0.4) is 0 Å². The van der Waals surface area contributed by atoms with E-state index < -0.39 is 11.6 Å². The first-order chi connectivity index (χ1) is 7.09. The Kier molecular flexibility index (Phi) is 4.21. The molecule has 0 aliphatic rings. The van der Waals surface area contributed by atoms with Gasteiger partial charge in [0.2, 0.25) is 0 Å². The lowest BCUT2D eigenvalue weighted by atomic mass is 10.2. The molecule has 0 aromatic heterocycles. The summed E-state index contributed by atoms with van der Waals surface area (Å²) in [7, 11) is 0. The second kappa shape index (κ2) is 5.44. The standard InChI is InChI=1S/C11H12F2NO/c1-8(2)6-14-15-7-9-3-4-10(12)11(13)5-9/h3-5,8H,7H2,1-2H3. The van der Waals surface area contributed by atoms with Crippen LogP contribution in [0.1, 0.15) is 19.4 Å². The maximum atomic E-state index is 12.7. The topological polar surface area (TPSA) is 21.6 Å². The molecule has 1 aromatic rings. The maximum Gasteiger partial charge on any atom is 0.159 e. The van der Waals surface area contributed by atoms with Gasteiger partial charge in [-0.2, -0.15) is 0 Å². The quantitative estimate of drug-likeness (QED) is 0.555. The van der Waals surface area contributed by atoms with Gasteiger partial charge in [-0.1, -0.05) is 25.1 Å². The van der Waals surface area contributed by atoms with Gasteiger partial charge in [0.15, 0.2) is 11.6 Å². The van der Waals surface area contributed by atoms with Crippen molar-refractivity contribution >= 4 is 6.21 Å². The molecule has 0 saturated carbocycles. The Morgan fingerprint density at radius 2 is 2.07 bits per heavy atom. The van der Waals surface area contributed by atoms with Gasteiger partial charge >= 0.3 is 0 Å². The highest BCUT2D eigenvalue weighted by atomic mass is 19.2. The predicted octanol–water partition coefficient (Wildman–Crippen LogP) is 3.00. The highest BCUT2D eigenvalue weighted by molar-refractivity contribution is 5.58. The van der Waals surface area contributed by atoms with E-state index in [1.54, 1.807) is 0 Å². The molecule has 1 rings (SSSR count). The molecule has 0 spiro atoms. The molecule has 81 valence electrons. The van der Waals surface area contributed by atoms with Crippen molar-refractivity contribution in [2.24, 2.45) is 11.1 Å². The summed E-state index contributed by atoms with van der Waals surface area (Å²) in [5.41, 5.74) is 0.531. The molecular weight excluding hydrogens is 200 g/mol. The summed E-state index contributed by atoms with van der Waals surface area (Å²) in [6.45, 7) is 3.92. The van der Waals surface area contributed by atoms with Gasteiger partial charge in [-0.05, 0) is 17.7 Å². The summed E-state index contributed by atoms with van der Waals surface area (Å²) >= 11 is 0. The molecule has 1 radical (unpaired) electrons. The molecule has 1 aromatic carbocycles. The van der Waals surface area contributed by atoms with E-state index in [0.717, 1.165) is 12.1 Å². The Hall–Kier alpha value is -1.45. The molecule has 0 aliphatic carbocycles. The van der Waals surface area contributed by atoms with E-state index in [0.29, 0.717) is 5.56 Å². The van der Waals surface area contributed by atoms with Crippen LogP contribution in [0.4, 0.5) is 8.78 Å². The first-order valence-electron chi connectivity index (χ1n) is 4.61. The van der Waals surface area contributed by atoms with E-state index in [2.05, 4.69) is 11.4 Å². The van der Waals surface area contributed by atoms with Crippen molar-refractivity contribution in [2.45, 2.75) is 20.5 Å². The molecule has 4 heteroatoms. The Bertz CT molecular complexity index is 350. The first-order valence-corrected chi connectivity index (χ1v) is 4.61. The van der Waals surface area contributed by atoms with Crippen molar-refractivity contribution < 1.29 is 13.6 Å². The zero-order valence-corrected chi connectivity index (χ0v) is 8.63. The van der Waals surface area contributed by atoms with Gasteiger partial charge in [0, 0.05) is 5.92 Å². The number of hydrogen-bond donors (Lipinski definition) is 0. The number of rotatable bonds is 4. The molecule has 0 bridgehead atoms. The normalized spacial score (nSPS) is 11.3. The zero-order chi connectivity index (χ0) is 11.3. The largest absolute Gasteiger partial charge is 0.391 e. The van der Waals surface area contributed by atoms with Crippen molar-refractivity contribution in [1.29, 1.82) is 0 Å². The molecule has 0 fully saturated rings. The lowest BCUT2D eigenvalue weighted by Crippen LogP contribution is -1.93. The Labute approximate surface area is 87.6 Å². The summed E-state index contributed by atoms with van der Waals surface area (Å²) in [6, 6.07) is 3.59. The fraction of sp³-hybridized carbons (Fsp3) is 0.364. The van der Waals surface area contributed by atoms with Crippen LogP contribution in [0, 0.1) is 17.6 Å².